The van der Waals surface area contributed by atoms with Gasteiger partial charge in [-0.15, -0.1) is 0 Å². The zero-order valence-corrected chi connectivity index (χ0v) is 13.6. The lowest BCUT2D eigenvalue weighted by Crippen LogP contribution is -2.36. The summed E-state index contributed by atoms with van der Waals surface area (Å²) < 4.78 is 1.71. The molecule has 0 unspecified atom stereocenters. The third kappa shape index (κ3) is 4.31. The van der Waals surface area contributed by atoms with E-state index in [2.05, 4.69) is 36.9 Å². The van der Waals surface area contributed by atoms with Crippen molar-refractivity contribution in [3.05, 3.63) is 27.1 Å². The number of rotatable bonds is 1. The van der Waals surface area contributed by atoms with Crippen LogP contribution in [-0.4, -0.2) is 11.5 Å². The molecule has 0 aliphatic carbocycles. The maximum atomic E-state index is 9.21. The summed E-state index contributed by atoms with van der Waals surface area (Å²) in [5, 5.41) is 9.21. The van der Waals surface area contributed by atoms with Crippen LogP contribution < -0.4 is 10.6 Å². The first-order chi connectivity index (χ1) is 8.23. The number of halogens is 2. The average Bonchev–Trinajstić information content (AvgIpc) is 2.13. The fourth-order valence-electron chi connectivity index (χ4n) is 1.30. The molecule has 0 aliphatic rings. The van der Waals surface area contributed by atoms with Gasteiger partial charge in [-0.25, -0.2) is 9.89 Å². The zero-order chi connectivity index (χ0) is 13.9. The van der Waals surface area contributed by atoms with Crippen molar-refractivity contribution in [2.24, 2.45) is 10.7 Å². The van der Waals surface area contributed by atoms with Crippen molar-refractivity contribution in [3.8, 4) is 6.19 Å². The molecular weight excluding hydrogens is 360 g/mol. The predicted octanol–water partition coefficient (Wildman–Crippen LogP) is 3.61. The van der Waals surface area contributed by atoms with Gasteiger partial charge in [-0.05, 0) is 39.0 Å². The van der Waals surface area contributed by atoms with Gasteiger partial charge >= 0.3 is 0 Å². The molecule has 0 amide bonds. The lowest BCUT2D eigenvalue weighted by atomic mass is 10.1. The van der Waals surface area contributed by atoms with Gasteiger partial charge in [0.15, 0.2) is 6.19 Å². The Morgan fingerprint density at radius 3 is 2.17 bits per heavy atom. The molecule has 0 saturated carbocycles. The van der Waals surface area contributed by atoms with Gasteiger partial charge in [-0.2, -0.15) is 5.26 Å². The van der Waals surface area contributed by atoms with Gasteiger partial charge in [0.2, 0.25) is 5.96 Å². The summed E-state index contributed by atoms with van der Waals surface area (Å²) in [7, 11) is 0. The molecule has 18 heavy (non-hydrogen) atoms. The molecule has 0 heterocycles. The molecule has 1 aromatic rings. The predicted molar refractivity (Wildman–Crippen MR) is 81.3 cm³/mol. The number of hydrogen-bond acceptors (Lipinski definition) is 2. The van der Waals surface area contributed by atoms with E-state index in [0.717, 1.165) is 8.95 Å². The second-order valence-corrected chi connectivity index (χ2v) is 6.54. The van der Waals surface area contributed by atoms with Crippen molar-refractivity contribution in [2.45, 2.75) is 26.3 Å². The number of nitrogens with two attached hydrogens (primary N) is 1. The van der Waals surface area contributed by atoms with Gasteiger partial charge in [0.1, 0.15) is 0 Å². The summed E-state index contributed by atoms with van der Waals surface area (Å²) in [6.07, 6.45) is 2.03. The molecule has 0 aromatic heterocycles. The van der Waals surface area contributed by atoms with Gasteiger partial charge in [-0.3, -0.25) is 0 Å². The smallest absolute Gasteiger partial charge is 0.210 e. The first-order valence-electron chi connectivity index (χ1n) is 5.24. The highest BCUT2D eigenvalue weighted by atomic mass is 79.9. The lowest BCUT2D eigenvalue weighted by Gasteiger charge is -2.19. The highest BCUT2D eigenvalue weighted by molar-refractivity contribution is 9.11. The standard InChI is InChI=1S/C12H14Br2N4/c1-12(2,3)17-11(16)18(7-15)10-5-8(13)4-9(14)6-10/h4-6H,1-3H3,(H2,16,17). The van der Waals surface area contributed by atoms with Crippen LogP contribution in [0.3, 0.4) is 0 Å². The molecule has 1 aromatic carbocycles. The number of anilines is 1. The average molecular weight is 374 g/mol. The van der Waals surface area contributed by atoms with Crippen LogP contribution in [0.25, 0.3) is 0 Å². The summed E-state index contributed by atoms with van der Waals surface area (Å²) in [5.74, 6) is 0.176. The second-order valence-electron chi connectivity index (χ2n) is 4.70. The van der Waals surface area contributed by atoms with Crippen molar-refractivity contribution < 1.29 is 0 Å². The van der Waals surface area contributed by atoms with Gasteiger partial charge in [0, 0.05) is 8.95 Å². The van der Waals surface area contributed by atoms with E-state index in [1.54, 1.807) is 12.1 Å². The van der Waals surface area contributed by atoms with E-state index in [-0.39, 0.29) is 11.5 Å². The van der Waals surface area contributed by atoms with Crippen molar-refractivity contribution in [2.75, 3.05) is 4.90 Å². The summed E-state index contributed by atoms with van der Waals surface area (Å²) in [6, 6.07) is 5.49. The molecular formula is C12H14Br2N4. The van der Waals surface area contributed by atoms with E-state index in [1.807, 2.05) is 33.0 Å². The van der Waals surface area contributed by atoms with E-state index in [9.17, 15) is 5.26 Å². The highest BCUT2D eigenvalue weighted by Crippen LogP contribution is 2.26. The molecule has 96 valence electrons. The molecule has 4 nitrogen and oxygen atoms in total. The summed E-state index contributed by atoms with van der Waals surface area (Å²) in [5.41, 5.74) is 6.20. The molecule has 0 radical (unpaired) electrons. The van der Waals surface area contributed by atoms with Gasteiger partial charge in [0.25, 0.3) is 0 Å². The minimum Gasteiger partial charge on any atom is -0.369 e. The van der Waals surface area contributed by atoms with Crippen molar-refractivity contribution in [1.29, 1.82) is 5.26 Å². The molecule has 1 rings (SSSR count). The third-order valence-corrected chi connectivity index (χ3v) is 2.80. The first kappa shape index (κ1) is 15.0. The van der Waals surface area contributed by atoms with Crippen LogP contribution in [0.15, 0.2) is 32.1 Å². The van der Waals surface area contributed by atoms with Crippen LogP contribution in [0.5, 0.6) is 0 Å². The Kier molecular flexibility index (Phi) is 4.77. The second kappa shape index (κ2) is 5.72. The zero-order valence-electron chi connectivity index (χ0n) is 10.4. The van der Waals surface area contributed by atoms with Crippen LogP contribution in [0.2, 0.25) is 0 Å². The molecule has 0 aliphatic heterocycles. The van der Waals surface area contributed by atoms with E-state index in [4.69, 9.17) is 5.73 Å². The van der Waals surface area contributed by atoms with Crippen LogP contribution in [0, 0.1) is 11.5 Å². The first-order valence-corrected chi connectivity index (χ1v) is 6.83. The molecule has 0 fully saturated rings. The quantitative estimate of drug-likeness (QED) is 0.354. The highest BCUT2D eigenvalue weighted by Gasteiger charge is 2.15. The minimum absolute atomic E-state index is 0.176. The summed E-state index contributed by atoms with van der Waals surface area (Å²) >= 11 is 6.75. The van der Waals surface area contributed by atoms with Crippen LogP contribution in [0.1, 0.15) is 20.8 Å². The van der Waals surface area contributed by atoms with Crippen molar-refractivity contribution in [1.82, 2.24) is 0 Å². The lowest BCUT2D eigenvalue weighted by molar-refractivity contribution is 0.582. The van der Waals surface area contributed by atoms with Crippen LogP contribution >= 0.6 is 31.9 Å². The number of guanidine groups is 1. The van der Waals surface area contributed by atoms with E-state index in [1.165, 1.54) is 4.90 Å². The number of nitriles is 1. The fraction of sp³-hybridized carbons (Fsp3) is 0.333. The fourth-order valence-corrected chi connectivity index (χ4v) is 2.57. The number of benzene rings is 1. The maximum absolute atomic E-state index is 9.21. The van der Waals surface area contributed by atoms with E-state index < -0.39 is 0 Å². The Bertz CT molecular complexity index is 492. The molecule has 0 saturated heterocycles. The van der Waals surface area contributed by atoms with Gasteiger partial charge in [-0.1, -0.05) is 31.9 Å². The molecule has 0 atom stereocenters. The Morgan fingerprint density at radius 2 is 1.78 bits per heavy atom. The minimum atomic E-state index is -0.331. The number of aliphatic imine (C=N–C) groups is 1. The van der Waals surface area contributed by atoms with Crippen molar-refractivity contribution >= 4 is 43.5 Å². The van der Waals surface area contributed by atoms with Gasteiger partial charge < -0.3 is 5.73 Å². The third-order valence-electron chi connectivity index (χ3n) is 1.88. The van der Waals surface area contributed by atoms with E-state index >= 15 is 0 Å². The van der Waals surface area contributed by atoms with Crippen molar-refractivity contribution in [3.63, 3.8) is 0 Å². The number of nitrogens with zero attached hydrogens (tertiary/aromatic N) is 3. The Hall–Kier alpha value is -1.06. The van der Waals surface area contributed by atoms with Gasteiger partial charge in [0.05, 0.1) is 11.2 Å². The number of hydrogen-bond donors (Lipinski definition) is 1. The summed E-state index contributed by atoms with van der Waals surface area (Å²) in [4.78, 5) is 5.58. The van der Waals surface area contributed by atoms with E-state index in [0.29, 0.717) is 5.69 Å². The van der Waals surface area contributed by atoms with Crippen LogP contribution in [0.4, 0.5) is 5.69 Å². The van der Waals surface area contributed by atoms with Crippen LogP contribution in [-0.2, 0) is 0 Å². The Labute approximate surface area is 124 Å². The normalized spacial score (nSPS) is 12.1. The largest absolute Gasteiger partial charge is 0.369 e. The molecule has 6 heteroatoms. The Balaban J connectivity index is 3.19. The summed E-state index contributed by atoms with van der Waals surface area (Å²) in [6.45, 7) is 5.77. The SMILES string of the molecule is CC(C)(C)N=C(N)N(C#N)c1cc(Br)cc(Br)c1. The molecule has 0 bridgehead atoms. The molecule has 0 spiro atoms. The Morgan fingerprint density at radius 1 is 1.28 bits per heavy atom. The maximum Gasteiger partial charge on any atom is 0.210 e. The molecule has 2 N–H and O–H groups in total. The topological polar surface area (TPSA) is 65.4 Å². The monoisotopic (exact) mass is 372 g/mol.